The number of carbonyl (C=O) groups is 1. The Morgan fingerprint density at radius 1 is 1.48 bits per heavy atom. The Kier molecular flexibility index (Phi) is 3.49. The quantitative estimate of drug-likeness (QED) is 0.939. The molecule has 0 radical (unpaired) electrons. The predicted octanol–water partition coefficient (Wildman–Crippen LogP) is 2.68. The highest BCUT2D eigenvalue weighted by atomic mass is 19.1. The third-order valence-corrected chi connectivity index (χ3v) is 3.95. The van der Waals surface area contributed by atoms with E-state index in [9.17, 15) is 9.18 Å². The summed E-state index contributed by atoms with van der Waals surface area (Å²) in [6.45, 7) is 2.03. The van der Waals surface area contributed by atoms with Gasteiger partial charge < -0.3 is 5.32 Å². The normalized spacial score (nSPS) is 14.2. The topological polar surface area (TPSA) is 46.9 Å². The maximum absolute atomic E-state index is 13.5. The van der Waals surface area contributed by atoms with Gasteiger partial charge in [-0.2, -0.15) is 5.10 Å². The molecule has 2 aromatic rings. The lowest BCUT2D eigenvalue weighted by Gasteiger charge is -2.08. The summed E-state index contributed by atoms with van der Waals surface area (Å²) in [5.41, 5.74) is 2.89. The van der Waals surface area contributed by atoms with Crippen molar-refractivity contribution in [3.8, 4) is 0 Å². The van der Waals surface area contributed by atoms with Crippen LogP contribution in [0.5, 0.6) is 0 Å². The zero-order valence-electron chi connectivity index (χ0n) is 12.2. The fraction of sp³-hybridized carbons (Fsp3) is 0.375. The van der Waals surface area contributed by atoms with Crippen molar-refractivity contribution in [2.75, 3.05) is 0 Å². The minimum absolute atomic E-state index is 0.180. The van der Waals surface area contributed by atoms with Crippen molar-refractivity contribution in [3.05, 3.63) is 52.6 Å². The number of benzene rings is 1. The molecule has 5 heteroatoms. The molecule has 1 saturated carbocycles. The van der Waals surface area contributed by atoms with E-state index in [0.717, 1.165) is 24.1 Å². The van der Waals surface area contributed by atoms with Crippen molar-refractivity contribution in [1.29, 1.82) is 0 Å². The first kappa shape index (κ1) is 13.8. The molecule has 3 rings (SSSR count). The summed E-state index contributed by atoms with van der Waals surface area (Å²) >= 11 is 0. The van der Waals surface area contributed by atoms with Gasteiger partial charge in [0, 0.05) is 19.5 Å². The van der Waals surface area contributed by atoms with Crippen LogP contribution in [0.2, 0.25) is 0 Å². The minimum Gasteiger partial charge on any atom is -0.347 e. The monoisotopic (exact) mass is 287 g/mol. The average Bonchev–Trinajstić information content (AvgIpc) is 3.23. The Labute approximate surface area is 123 Å². The maximum atomic E-state index is 13.5. The summed E-state index contributed by atoms with van der Waals surface area (Å²) < 4.78 is 15.1. The molecule has 4 nitrogen and oxygen atoms in total. The molecule has 21 heavy (non-hydrogen) atoms. The number of nitrogens with zero attached hydrogens (tertiary/aromatic N) is 2. The number of hydrogen-bond acceptors (Lipinski definition) is 2. The van der Waals surface area contributed by atoms with Crippen LogP contribution in [0, 0.1) is 12.7 Å². The van der Waals surface area contributed by atoms with Gasteiger partial charge in [0.1, 0.15) is 11.5 Å². The molecule has 0 saturated heterocycles. The number of aromatic nitrogens is 2. The molecule has 1 aromatic carbocycles. The summed E-state index contributed by atoms with van der Waals surface area (Å²) in [7, 11) is 1.77. The highest BCUT2D eigenvalue weighted by Gasteiger charge is 2.27. The lowest BCUT2D eigenvalue weighted by Crippen LogP contribution is -2.25. The van der Waals surface area contributed by atoms with E-state index in [4.69, 9.17) is 0 Å². The first-order valence-electron chi connectivity index (χ1n) is 7.12. The van der Waals surface area contributed by atoms with E-state index in [1.165, 1.54) is 6.07 Å². The molecule has 0 unspecified atom stereocenters. The molecule has 1 heterocycles. The van der Waals surface area contributed by atoms with E-state index < -0.39 is 0 Å². The van der Waals surface area contributed by atoms with Crippen LogP contribution in [0.3, 0.4) is 0 Å². The molecule has 1 amide bonds. The van der Waals surface area contributed by atoms with Gasteiger partial charge in [-0.25, -0.2) is 4.39 Å². The smallest absolute Gasteiger partial charge is 0.269 e. The highest BCUT2D eigenvalue weighted by molar-refractivity contribution is 5.92. The van der Waals surface area contributed by atoms with Crippen LogP contribution in [-0.2, 0) is 13.6 Å². The highest BCUT2D eigenvalue weighted by Crippen LogP contribution is 2.39. The van der Waals surface area contributed by atoms with Crippen LogP contribution in [0.15, 0.2) is 24.3 Å². The number of halogens is 1. The van der Waals surface area contributed by atoms with Gasteiger partial charge in [0.15, 0.2) is 0 Å². The first-order valence-corrected chi connectivity index (χ1v) is 7.12. The molecule has 1 aliphatic carbocycles. The predicted molar refractivity (Wildman–Crippen MR) is 77.5 cm³/mol. The van der Waals surface area contributed by atoms with Crippen LogP contribution < -0.4 is 5.32 Å². The van der Waals surface area contributed by atoms with E-state index in [-0.39, 0.29) is 11.7 Å². The van der Waals surface area contributed by atoms with Crippen LogP contribution >= 0.6 is 0 Å². The number of rotatable bonds is 4. The molecule has 1 aromatic heterocycles. The molecule has 0 bridgehead atoms. The van der Waals surface area contributed by atoms with Crippen LogP contribution in [0.4, 0.5) is 4.39 Å². The van der Waals surface area contributed by atoms with E-state index in [1.807, 2.05) is 12.1 Å². The lowest BCUT2D eigenvalue weighted by molar-refractivity contribution is 0.0941. The van der Waals surface area contributed by atoms with Crippen LogP contribution in [0.25, 0.3) is 0 Å². The summed E-state index contributed by atoms with van der Waals surface area (Å²) in [6, 6.07) is 6.74. The minimum atomic E-state index is -0.252. The van der Waals surface area contributed by atoms with E-state index >= 15 is 0 Å². The first-order chi connectivity index (χ1) is 10.1. The van der Waals surface area contributed by atoms with Crippen LogP contribution in [-0.4, -0.2) is 15.7 Å². The number of amides is 1. The van der Waals surface area contributed by atoms with Gasteiger partial charge in [-0.15, -0.1) is 0 Å². The Morgan fingerprint density at radius 2 is 2.24 bits per heavy atom. The SMILES string of the molecule is Cc1c(F)cccc1CNC(=O)c1cc(C2CC2)nn1C. The van der Waals surface area contributed by atoms with Crippen molar-refractivity contribution >= 4 is 5.91 Å². The third-order valence-electron chi connectivity index (χ3n) is 3.95. The fourth-order valence-corrected chi connectivity index (χ4v) is 2.39. The molecular weight excluding hydrogens is 269 g/mol. The Morgan fingerprint density at radius 3 is 2.95 bits per heavy atom. The maximum Gasteiger partial charge on any atom is 0.269 e. The molecular formula is C16H18FN3O. The zero-order valence-corrected chi connectivity index (χ0v) is 12.2. The van der Waals surface area contributed by atoms with Gasteiger partial charge in [-0.1, -0.05) is 12.1 Å². The van der Waals surface area contributed by atoms with Gasteiger partial charge >= 0.3 is 0 Å². The van der Waals surface area contributed by atoms with Gasteiger partial charge in [0.25, 0.3) is 5.91 Å². The molecule has 1 N–H and O–H groups in total. The second kappa shape index (κ2) is 5.31. The molecule has 0 atom stereocenters. The van der Waals surface area contributed by atoms with Crippen molar-refractivity contribution < 1.29 is 9.18 Å². The van der Waals surface area contributed by atoms with Gasteiger partial charge in [-0.3, -0.25) is 9.48 Å². The van der Waals surface area contributed by atoms with Crippen molar-refractivity contribution in [3.63, 3.8) is 0 Å². The largest absolute Gasteiger partial charge is 0.347 e. The second-order valence-corrected chi connectivity index (χ2v) is 5.56. The standard InChI is InChI=1S/C16H18FN3O/c1-10-12(4-3-5-13(10)17)9-18-16(21)15-8-14(11-6-7-11)19-20(15)2/h3-5,8,11H,6-7,9H2,1-2H3,(H,18,21). The van der Waals surface area contributed by atoms with Crippen molar-refractivity contribution in [2.45, 2.75) is 32.2 Å². The summed E-state index contributed by atoms with van der Waals surface area (Å²) in [4.78, 5) is 12.2. The average molecular weight is 287 g/mol. The molecule has 0 aliphatic heterocycles. The third kappa shape index (κ3) is 2.82. The van der Waals surface area contributed by atoms with E-state index in [0.29, 0.717) is 23.7 Å². The molecule has 1 aliphatic rings. The van der Waals surface area contributed by atoms with E-state index in [2.05, 4.69) is 10.4 Å². The summed E-state index contributed by atoms with van der Waals surface area (Å²) in [6.07, 6.45) is 2.31. The number of hydrogen-bond donors (Lipinski definition) is 1. The van der Waals surface area contributed by atoms with Gasteiger partial charge in [0.2, 0.25) is 0 Å². The Hall–Kier alpha value is -2.17. The molecule has 0 spiro atoms. The summed E-state index contributed by atoms with van der Waals surface area (Å²) in [5, 5.41) is 7.21. The van der Waals surface area contributed by atoms with Gasteiger partial charge in [0.05, 0.1) is 5.69 Å². The number of aryl methyl sites for hydroxylation is 1. The number of carbonyl (C=O) groups excluding carboxylic acids is 1. The van der Waals surface area contributed by atoms with Crippen LogP contribution in [0.1, 0.15) is 46.1 Å². The van der Waals surface area contributed by atoms with Crippen molar-refractivity contribution in [1.82, 2.24) is 15.1 Å². The van der Waals surface area contributed by atoms with Gasteiger partial charge in [-0.05, 0) is 43.0 Å². The Balaban J connectivity index is 1.70. The Bertz CT molecular complexity index is 689. The zero-order chi connectivity index (χ0) is 15.0. The second-order valence-electron chi connectivity index (χ2n) is 5.56. The lowest BCUT2D eigenvalue weighted by atomic mass is 10.1. The fourth-order valence-electron chi connectivity index (χ4n) is 2.39. The molecule has 1 fully saturated rings. The van der Waals surface area contributed by atoms with Crippen molar-refractivity contribution in [2.24, 2.45) is 7.05 Å². The summed E-state index contributed by atoms with van der Waals surface area (Å²) in [5.74, 6) is 0.0853. The number of nitrogens with one attached hydrogen (secondary N) is 1. The molecule has 110 valence electrons. The van der Waals surface area contributed by atoms with E-state index in [1.54, 1.807) is 24.7 Å².